The van der Waals surface area contributed by atoms with Crippen LogP contribution in [0, 0.1) is 0 Å². The Bertz CT molecular complexity index is 939. The predicted molar refractivity (Wildman–Crippen MR) is 142 cm³/mol. The smallest absolute Gasteiger partial charge is 0.410 e. The second-order valence-electron chi connectivity index (χ2n) is 8.88. The molecule has 1 fully saturated rings. The zero-order valence-electron chi connectivity index (χ0n) is 22.9. The van der Waals surface area contributed by atoms with Gasteiger partial charge in [0.1, 0.15) is 18.0 Å². The SMILES string of the molecule is CC.CC.CC(C)(C)OC(=O)N1CCN(C(=O)c2cccc(COC3=CCCC=C3C(N)=O)c2)CC1. The number of nitrogens with zero attached hydrogens (tertiary/aromatic N) is 2. The van der Waals surface area contributed by atoms with Gasteiger partial charge in [-0.1, -0.05) is 45.9 Å². The minimum Gasteiger partial charge on any atom is -0.488 e. The molecule has 8 nitrogen and oxygen atoms in total. The molecule has 3 rings (SSSR count). The first-order valence-electron chi connectivity index (χ1n) is 12.8. The first kappa shape index (κ1) is 30.7. The summed E-state index contributed by atoms with van der Waals surface area (Å²) in [6.45, 7) is 15.5. The van der Waals surface area contributed by atoms with E-state index in [1.807, 2.05) is 66.7 Å². The Morgan fingerprint density at radius 3 is 2.08 bits per heavy atom. The number of allylic oxidation sites excluding steroid dienone is 2. The Morgan fingerprint density at radius 2 is 1.50 bits per heavy atom. The molecule has 3 amide bonds. The average molecular weight is 502 g/mol. The van der Waals surface area contributed by atoms with Gasteiger partial charge in [0.25, 0.3) is 11.8 Å². The lowest BCUT2D eigenvalue weighted by Crippen LogP contribution is -2.51. The van der Waals surface area contributed by atoms with Gasteiger partial charge in [0.2, 0.25) is 0 Å². The molecule has 2 aliphatic rings. The van der Waals surface area contributed by atoms with Crippen molar-refractivity contribution in [2.75, 3.05) is 26.2 Å². The van der Waals surface area contributed by atoms with Crippen molar-refractivity contribution in [1.82, 2.24) is 9.80 Å². The summed E-state index contributed by atoms with van der Waals surface area (Å²) in [5.41, 5.74) is 6.64. The molecule has 1 aliphatic carbocycles. The minimum atomic E-state index is -0.547. The summed E-state index contributed by atoms with van der Waals surface area (Å²) in [4.78, 5) is 40.1. The van der Waals surface area contributed by atoms with Crippen LogP contribution in [0.4, 0.5) is 4.79 Å². The number of benzene rings is 1. The van der Waals surface area contributed by atoms with Crippen LogP contribution >= 0.6 is 0 Å². The van der Waals surface area contributed by atoms with Gasteiger partial charge in [0.15, 0.2) is 0 Å². The standard InChI is InChI=1S/C24H31N3O5.2C2H6/c1-24(2,3)32-23(30)27-13-11-26(12-14-27)22(29)18-8-6-7-17(15-18)16-31-20-10-5-4-9-19(20)21(25)28;2*1-2/h6-10,15H,4-5,11-14,16H2,1-3H3,(H2,25,28);2*1-2H3. The number of hydrogen-bond acceptors (Lipinski definition) is 5. The average Bonchev–Trinajstić information content (AvgIpc) is 2.89. The molecule has 0 bridgehead atoms. The van der Waals surface area contributed by atoms with E-state index in [2.05, 4.69) is 0 Å². The highest BCUT2D eigenvalue weighted by molar-refractivity contribution is 5.96. The van der Waals surface area contributed by atoms with E-state index in [0.717, 1.165) is 18.4 Å². The molecular formula is C28H43N3O5. The topological polar surface area (TPSA) is 102 Å². The van der Waals surface area contributed by atoms with E-state index in [4.69, 9.17) is 15.2 Å². The molecule has 0 atom stereocenters. The highest BCUT2D eigenvalue weighted by Crippen LogP contribution is 2.22. The molecule has 1 aromatic carbocycles. The Morgan fingerprint density at radius 1 is 0.917 bits per heavy atom. The van der Waals surface area contributed by atoms with Crippen molar-refractivity contribution >= 4 is 17.9 Å². The number of carbonyl (C=O) groups is 3. The van der Waals surface area contributed by atoms with Gasteiger partial charge in [-0.2, -0.15) is 0 Å². The fraction of sp³-hybridized carbons (Fsp3) is 0.536. The molecule has 0 unspecified atom stereocenters. The Hall–Kier alpha value is -3.29. The Balaban J connectivity index is 0.00000154. The molecular weight excluding hydrogens is 458 g/mol. The molecule has 0 spiro atoms. The first-order chi connectivity index (χ1) is 17.1. The number of piperazine rings is 1. The van der Waals surface area contributed by atoms with Gasteiger partial charge in [-0.05, 0) is 57.4 Å². The number of hydrogen-bond donors (Lipinski definition) is 1. The summed E-state index contributed by atoms with van der Waals surface area (Å²) in [6.07, 6.45) is 4.84. The van der Waals surface area contributed by atoms with Gasteiger partial charge >= 0.3 is 6.09 Å². The van der Waals surface area contributed by atoms with Crippen molar-refractivity contribution in [3.63, 3.8) is 0 Å². The number of ether oxygens (including phenoxy) is 2. The fourth-order valence-electron chi connectivity index (χ4n) is 3.57. The Labute approximate surface area is 216 Å². The van der Waals surface area contributed by atoms with Gasteiger partial charge in [-0.3, -0.25) is 9.59 Å². The summed E-state index contributed by atoms with van der Waals surface area (Å²) in [7, 11) is 0. The monoisotopic (exact) mass is 501 g/mol. The normalized spacial score (nSPS) is 15.2. The second kappa shape index (κ2) is 15.0. The van der Waals surface area contributed by atoms with E-state index in [1.165, 1.54) is 0 Å². The number of nitrogens with two attached hydrogens (primary N) is 1. The van der Waals surface area contributed by atoms with Gasteiger partial charge < -0.3 is 25.0 Å². The van der Waals surface area contributed by atoms with Crippen LogP contribution in [0.1, 0.15) is 77.2 Å². The van der Waals surface area contributed by atoms with E-state index in [0.29, 0.717) is 43.1 Å². The molecule has 1 saturated heterocycles. The van der Waals surface area contributed by atoms with Gasteiger partial charge in [0, 0.05) is 31.7 Å². The third kappa shape index (κ3) is 9.40. The van der Waals surface area contributed by atoms with E-state index >= 15 is 0 Å². The van der Waals surface area contributed by atoms with Crippen LogP contribution in [0.25, 0.3) is 0 Å². The summed E-state index contributed by atoms with van der Waals surface area (Å²) in [6, 6.07) is 7.23. The number of carbonyl (C=O) groups excluding carboxylic acids is 3. The van der Waals surface area contributed by atoms with E-state index in [-0.39, 0.29) is 18.6 Å². The molecule has 0 aromatic heterocycles. The van der Waals surface area contributed by atoms with Crippen LogP contribution < -0.4 is 5.73 Å². The zero-order valence-corrected chi connectivity index (χ0v) is 22.9. The highest BCUT2D eigenvalue weighted by atomic mass is 16.6. The van der Waals surface area contributed by atoms with Crippen molar-refractivity contribution in [2.24, 2.45) is 5.73 Å². The van der Waals surface area contributed by atoms with Gasteiger partial charge in [-0.25, -0.2) is 4.79 Å². The largest absolute Gasteiger partial charge is 0.488 e. The molecule has 1 aromatic rings. The van der Waals surface area contributed by atoms with Crippen molar-refractivity contribution in [2.45, 2.75) is 73.5 Å². The van der Waals surface area contributed by atoms with Crippen LogP contribution in [0.5, 0.6) is 0 Å². The predicted octanol–water partition coefficient (Wildman–Crippen LogP) is 5.04. The fourth-order valence-corrected chi connectivity index (χ4v) is 3.57. The molecule has 1 heterocycles. The Kier molecular flexibility index (Phi) is 12.8. The van der Waals surface area contributed by atoms with Crippen LogP contribution in [-0.2, 0) is 20.9 Å². The maximum absolute atomic E-state index is 13.0. The summed E-state index contributed by atoms with van der Waals surface area (Å²) < 4.78 is 11.2. The summed E-state index contributed by atoms with van der Waals surface area (Å²) in [5, 5.41) is 0. The molecule has 200 valence electrons. The van der Waals surface area contributed by atoms with Crippen molar-refractivity contribution < 1.29 is 23.9 Å². The second-order valence-corrected chi connectivity index (χ2v) is 8.88. The quantitative estimate of drug-likeness (QED) is 0.609. The first-order valence-corrected chi connectivity index (χ1v) is 12.8. The van der Waals surface area contributed by atoms with Crippen LogP contribution in [0.3, 0.4) is 0 Å². The summed E-state index contributed by atoms with van der Waals surface area (Å²) in [5.74, 6) is -0.116. The number of rotatable bonds is 5. The van der Waals surface area contributed by atoms with E-state index < -0.39 is 11.5 Å². The molecule has 2 N–H and O–H groups in total. The third-order valence-electron chi connectivity index (χ3n) is 5.16. The third-order valence-corrected chi connectivity index (χ3v) is 5.16. The molecule has 0 saturated carbocycles. The molecule has 8 heteroatoms. The van der Waals surface area contributed by atoms with Crippen LogP contribution in [-0.4, -0.2) is 59.5 Å². The lowest BCUT2D eigenvalue weighted by atomic mass is 10.0. The molecule has 1 aliphatic heterocycles. The summed E-state index contributed by atoms with van der Waals surface area (Å²) >= 11 is 0. The number of amides is 3. The maximum atomic E-state index is 13.0. The van der Waals surface area contributed by atoms with Gasteiger partial charge in [-0.15, -0.1) is 0 Å². The van der Waals surface area contributed by atoms with Crippen molar-refractivity contribution in [3.8, 4) is 0 Å². The van der Waals surface area contributed by atoms with E-state index in [9.17, 15) is 14.4 Å². The van der Waals surface area contributed by atoms with Crippen molar-refractivity contribution in [3.05, 3.63) is 58.9 Å². The van der Waals surface area contributed by atoms with Gasteiger partial charge in [0.05, 0.1) is 5.57 Å². The van der Waals surface area contributed by atoms with E-state index in [1.54, 1.807) is 28.0 Å². The lowest BCUT2D eigenvalue weighted by molar-refractivity contribution is -0.114. The lowest BCUT2D eigenvalue weighted by Gasteiger charge is -2.35. The maximum Gasteiger partial charge on any atom is 0.410 e. The van der Waals surface area contributed by atoms with Crippen molar-refractivity contribution in [1.29, 1.82) is 0 Å². The molecule has 36 heavy (non-hydrogen) atoms. The minimum absolute atomic E-state index is 0.0923. The highest BCUT2D eigenvalue weighted by Gasteiger charge is 2.28. The zero-order chi connectivity index (χ0) is 27.3. The number of primary amides is 1. The van der Waals surface area contributed by atoms with Crippen LogP contribution in [0.2, 0.25) is 0 Å². The van der Waals surface area contributed by atoms with Crippen LogP contribution in [0.15, 0.2) is 47.7 Å². The molecule has 0 radical (unpaired) electrons.